The highest BCUT2D eigenvalue weighted by Gasteiger charge is 2.11. The minimum atomic E-state index is 0.483. The molecular weight excluding hydrogens is 258 g/mol. The Bertz CT molecular complexity index is 600. The van der Waals surface area contributed by atoms with Gasteiger partial charge < -0.3 is 9.88 Å². The number of aryl methyl sites for hydroxylation is 4. The van der Waals surface area contributed by atoms with Gasteiger partial charge in [-0.15, -0.1) is 0 Å². The number of benzene rings is 1. The molecule has 0 amide bonds. The lowest BCUT2D eigenvalue weighted by Crippen LogP contribution is -2.24. The Morgan fingerprint density at radius 1 is 1.10 bits per heavy atom. The average Bonchev–Trinajstić information content (AvgIpc) is 2.72. The second-order valence-electron chi connectivity index (χ2n) is 6.30. The molecule has 0 fully saturated rings. The van der Waals surface area contributed by atoms with Crippen LogP contribution in [0.25, 0.3) is 0 Å². The molecule has 0 saturated carbocycles. The topological polar surface area (TPSA) is 29.9 Å². The minimum absolute atomic E-state index is 0.483. The number of nitrogens with one attached hydrogen (secondary N) is 1. The molecule has 1 heterocycles. The molecule has 21 heavy (non-hydrogen) atoms. The van der Waals surface area contributed by atoms with E-state index >= 15 is 0 Å². The van der Waals surface area contributed by atoms with Gasteiger partial charge in [-0.05, 0) is 44.4 Å². The van der Waals surface area contributed by atoms with Crippen molar-refractivity contribution in [2.45, 2.75) is 60.7 Å². The summed E-state index contributed by atoms with van der Waals surface area (Å²) in [6.45, 7) is 14.7. The summed E-state index contributed by atoms with van der Waals surface area (Å²) in [4.78, 5) is 4.49. The second kappa shape index (κ2) is 6.44. The van der Waals surface area contributed by atoms with E-state index in [-0.39, 0.29) is 0 Å². The van der Waals surface area contributed by atoms with E-state index < -0.39 is 0 Å². The minimum Gasteiger partial charge on any atom is -0.327 e. The lowest BCUT2D eigenvalue weighted by molar-refractivity contribution is 0.561. The van der Waals surface area contributed by atoms with Crippen LogP contribution in [0.3, 0.4) is 0 Å². The standard InChI is InChI=1S/C18H27N3/c1-12(2)19-9-17-10-20-16(6)21(17)11-18-14(4)7-13(3)8-15(18)5/h7-8,10,12,19H,9,11H2,1-6H3. The monoisotopic (exact) mass is 285 g/mol. The third kappa shape index (κ3) is 3.73. The first-order chi connectivity index (χ1) is 9.88. The Balaban J connectivity index is 2.29. The van der Waals surface area contributed by atoms with Gasteiger partial charge >= 0.3 is 0 Å². The van der Waals surface area contributed by atoms with Crippen molar-refractivity contribution in [3.63, 3.8) is 0 Å². The van der Waals surface area contributed by atoms with Crippen LogP contribution in [0.2, 0.25) is 0 Å². The maximum absolute atomic E-state index is 4.49. The van der Waals surface area contributed by atoms with Crippen LogP contribution in [0.5, 0.6) is 0 Å². The molecule has 3 nitrogen and oxygen atoms in total. The summed E-state index contributed by atoms with van der Waals surface area (Å²) in [5.41, 5.74) is 6.72. The van der Waals surface area contributed by atoms with Gasteiger partial charge in [0, 0.05) is 25.3 Å². The normalized spacial score (nSPS) is 11.4. The molecule has 1 N–H and O–H groups in total. The summed E-state index contributed by atoms with van der Waals surface area (Å²) in [7, 11) is 0. The van der Waals surface area contributed by atoms with Gasteiger partial charge in [-0.2, -0.15) is 0 Å². The van der Waals surface area contributed by atoms with E-state index in [4.69, 9.17) is 0 Å². The zero-order valence-electron chi connectivity index (χ0n) is 14.1. The van der Waals surface area contributed by atoms with Crippen molar-refractivity contribution in [1.29, 1.82) is 0 Å². The van der Waals surface area contributed by atoms with Crippen molar-refractivity contribution in [3.05, 3.63) is 52.1 Å². The zero-order chi connectivity index (χ0) is 15.6. The number of hydrogen-bond acceptors (Lipinski definition) is 2. The molecule has 1 aromatic heterocycles. The largest absolute Gasteiger partial charge is 0.327 e. The first-order valence-corrected chi connectivity index (χ1v) is 7.69. The highest BCUT2D eigenvalue weighted by atomic mass is 15.1. The lowest BCUT2D eigenvalue weighted by atomic mass is 9.99. The van der Waals surface area contributed by atoms with E-state index in [1.54, 1.807) is 0 Å². The highest BCUT2D eigenvalue weighted by Crippen LogP contribution is 2.19. The Kier molecular flexibility index (Phi) is 4.84. The summed E-state index contributed by atoms with van der Waals surface area (Å²) in [6.07, 6.45) is 1.99. The predicted octanol–water partition coefficient (Wildman–Crippen LogP) is 3.66. The molecule has 3 heteroatoms. The van der Waals surface area contributed by atoms with Gasteiger partial charge in [-0.3, -0.25) is 0 Å². The molecule has 0 unspecified atom stereocenters. The number of imidazole rings is 1. The van der Waals surface area contributed by atoms with Crippen molar-refractivity contribution >= 4 is 0 Å². The lowest BCUT2D eigenvalue weighted by Gasteiger charge is -2.16. The van der Waals surface area contributed by atoms with Crippen molar-refractivity contribution < 1.29 is 0 Å². The van der Waals surface area contributed by atoms with Crippen LogP contribution >= 0.6 is 0 Å². The molecule has 0 radical (unpaired) electrons. The van der Waals surface area contributed by atoms with Crippen molar-refractivity contribution in [3.8, 4) is 0 Å². The average molecular weight is 285 g/mol. The van der Waals surface area contributed by atoms with Crippen LogP contribution in [-0.4, -0.2) is 15.6 Å². The van der Waals surface area contributed by atoms with Gasteiger partial charge in [0.1, 0.15) is 5.82 Å². The van der Waals surface area contributed by atoms with E-state index in [0.29, 0.717) is 6.04 Å². The first-order valence-electron chi connectivity index (χ1n) is 7.69. The smallest absolute Gasteiger partial charge is 0.106 e. The Labute approximate surface area is 128 Å². The van der Waals surface area contributed by atoms with Gasteiger partial charge in [0.15, 0.2) is 0 Å². The molecule has 1 aromatic carbocycles. The quantitative estimate of drug-likeness (QED) is 0.908. The van der Waals surface area contributed by atoms with E-state index in [1.807, 2.05) is 6.20 Å². The van der Waals surface area contributed by atoms with Gasteiger partial charge in [-0.1, -0.05) is 31.5 Å². The molecule has 0 spiro atoms. The van der Waals surface area contributed by atoms with E-state index in [2.05, 4.69) is 68.5 Å². The number of hydrogen-bond donors (Lipinski definition) is 1. The second-order valence-corrected chi connectivity index (χ2v) is 6.30. The summed E-state index contributed by atoms with van der Waals surface area (Å²) in [5, 5.41) is 3.48. The Hall–Kier alpha value is -1.61. The molecular formula is C18H27N3. The highest BCUT2D eigenvalue weighted by molar-refractivity contribution is 5.38. The third-order valence-electron chi connectivity index (χ3n) is 3.99. The fourth-order valence-electron chi connectivity index (χ4n) is 2.80. The van der Waals surface area contributed by atoms with Crippen molar-refractivity contribution in [2.24, 2.45) is 0 Å². The fraction of sp³-hybridized carbons (Fsp3) is 0.500. The summed E-state index contributed by atoms with van der Waals surface area (Å²) >= 11 is 0. The van der Waals surface area contributed by atoms with E-state index in [9.17, 15) is 0 Å². The molecule has 2 rings (SSSR count). The molecule has 2 aromatic rings. The van der Waals surface area contributed by atoms with E-state index in [0.717, 1.165) is 18.9 Å². The van der Waals surface area contributed by atoms with Crippen molar-refractivity contribution in [2.75, 3.05) is 0 Å². The summed E-state index contributed by atoms with van der Waals surface area (Å²) < 4.78 is 2.32. The predicted molar refractivity (Wildman–Crippen MR) is 88.7 cm³/mol. The number of nitrogens with zero attached hydrogens (tertiary/aromatic N) is 2. The van der Waals surface area contributed by atoms with Gasteiger partial charge in [0.05, 0.1) is 5.69 Å². The van der Waals surface area contributed by atoms with Crippen molar-refractivity contribution in [1.82, 2.24) is 14.9 Å². The van der Waals surface area contributed by atoms with Gasteiger partial charge in [-0.25, -0.2) is 4.98 Å². The molecule has 0 atom stereocenters. The van der Waals surface area contributed by atoms with Crippen LogP contribution in [0.4, 0.5) is 0 Å². The summed E-state index contributed by atoms with van der Waals surface area (Å²) in [5.74, 6) is 1.08. The van der Waals surface area contributed by atoms with Gasteiger partial charge in [0.2, 0.25) is 0 Å². The Morgan fingerprint density at radius 3 is 2.29 bits per heavy atom. The van der Waals surface area contributed by atoms with Crippen LogP contribution in [0, 0.1) is 27.7 Å². The molecule has 114 valence electrons. The van der Waals surface area contributed by atoms with Crippen LogP contribution in [0.1, 0.15) is 47.6 Å². The molecule has 0 aliphatic rings. The maximum atomic E-state index is 4.49. The Morgan fingerprint density at radius 2 is 1.71 bits per heavy atom. The maximum Gasteiger partial charge on any atom is 0.106 e. The van der Waals surface area contributed by atoms with Gasteiger partial charge in [0.25, 0.3) is 0 Å². The number of aromatic nitrogens is 2. The zero-order valence-corrected chi connectivity index (χ0v) is 14.1. The summed E-state index contributed by atoms with van der Waals surface area (Å²) in [6, 6.07) is 5.01. The molecule has 0 saturated heterocycles. The van der Waals surface area contributed by atoms with Crippen LogP contribution in [-0.2, 0) is 13.1 Å². The molecule has 0 aliphatic carbocycles. The fourth-order valence-corrected chi connectivity index (χ4v) is 2.80. The number of rotatable bonds is 5. The third-order valence-corrected chi connectivity index (χ3v) is 3.99. The van der Waals surface area contributed by atoms with Crippen LogP contribution < -0.4 is 5.32 Å². The van der Waals surface area contributed by atoms with Crippen LogP contribution in [0.15, 0.2) is 18.3 Å². The first kappa shape index (κ1) is 15.8. The molecule has 0 bridgehead atoms. The van der Waals surface area contributed by atoms with E-state index in [1.165, 1.54) is 27.9 Å². The SMILES string of the molecule is Cc1cc(C)c(Cn2c(CNC(C)C)cnc2C)c(C)c1. The molecule has 0 aliphatic heterocycles.